The number of nitrogens with one attached hydrogen (secondary N) is 1. The Hall–Kier alpha value is -0.650. The maximum absolute atomic E-state index is 11.1. The summed E-state index contributed by atoms with van der Waals surface area (Å²) in [7, 11) is 0. The van der Waals surface area contributed by atoms with Gasteiger partial charge in [0.05, 0.1) is 6.42 Å². The second-order valence-electron chi connectivity index (χ2n) is 4.55. The fraction of sp³-hybridized carbons (Fsp3) is 0.900. The van der Waals surface area contributed by atoms with Gasteiger partial charge in [-0.1, -0.05) is 19.4 Å². The van der Waals surface area contributed by atoms with Crippen molar-refractivity contribution >= 4 is 5.97 Å². The fourth-order valence-electron chi connectivity index (χ4n) is 2.34. The minimum absolute atomic E-state index is 0.302. The molecule has 1 aliphatic heterocycles. The lowest BCUT2D eigenvalue weighted by Crippen LogP contribution is -2.40. The summed E-state index contributed by atoms with van der Waals surface area (Å²) in [6.45, 7) is 7.42. The van der Waals surface area contributed by atoms with Crippen LogP contribution in [-0.4, -0.2) is 30.5 Å². The van der Waals surface area contributed by atoms with E-state index in [1.54, 1.807) is 0 Å². The van der Waals surface area contributed by atoms with E-state index in [0.717, 1.165) is 31.5 Å². The van der Waals surface area contributed by atoms with Gasteiger partial charge in [-0.25, -0.2) is 5.84 Å². The zero-order valence-corrected chi connectivity index (χ0v) is 9.53. The van der Waals surface area contributed by atoms with E-state index >= 15 is 0 Å². The normalized spacial score (nSPS) is 27.7. The van der Waals surface area contributed by atoms with Crippen molar-refractivity contribution in [3.05, 3.63) is 0 Å². The molecular formula is C10H21N3O2. The van der Waals surface area contributed by atoms with E-state index in [1.165, 1.54) is 6.42 Å². The lowest BCUT2D eigenvalue weighted by molar-refractivity contribution is -0.151. The Kier molecular flexibility index (Phi) is 5.01. The van der Waals surface area contributed by atoms with Crippen LogP contribution in [0.5, 0.6) is 0 Å². The SMILES string of the molecule is CC1CC(C)CN(CCC(=O)ONN)C1. The maximum atomic E-state index is 11.1. The number of hydrazine groups is 1. The van der Waals surface area contributed by atoms with Crippen LogP contribution in [0.25, 0.3) is 0 Å². The number of carbonyl (C=O) groups is 1. The summed E-state index contributed by atoms with van der Waals surface area (Å²) in [5, 5.41) is 0. The molecule has 3 N–H and O–H groups in total. The van der Waals surface area contributed by atoms with Crippen LogP contribution in [0.1, 0.15) is 26.7 Å². The van der Waals surface area contributed by atoms with Gasteiger partial charge >= 0.3 is 5.97 Å². The number of carbonyl (C=O) groups excluding carboxylic acids is 1. The van der Waals surface area contributed by atoms with Crippen LogP contribution >= 0.6 is 0 Å². The van der Waals surface area contributed by atoms with E-state index in [2.05, 4.69) is 23.6 Å². The van der Waals surface area contributed by atoms with Gasteiger partial charge in [0.25, 0.3) is 0 Å². The second-order valence-corrected chi connectivity index (χ2v) is 4.55. The molecule has 15 heavy (non-hydrogen) atoms. The van der Waals surface area contributed by atoms with Crippen molar-refractivity contribution in [1.29, 1.82) is 0 Å². The Balaban J connectivity index is 2.23. The Bertz CT molecular complexity index is 201. The first-order chi connectivity index (χ1) is 7.11. The second kappa shape index (κ2) is 6.05. The molecule has 0 aromatic rings. The zero-order chi connectivity index (χ0) is 11.3. The maximum Gasteiger partial charge on any atom is 0.327 e. The van der Waals surface area contributed by atoms with E-state index in [1.807, 2.05) is 5.59 Å². The lowest BCUT2D eigenvalue weighted by Gasteiger charge is -2.34. The molecule has 0 saturated carbocycles. The summed E-state index contributed by atoms with van der Waals surface area (Å²) < 4.78 is 0. The van der Waals surface area contributed by atoms with Crippen molar-refractivity contribution in [2.45, 2.75) is 26.7 Å². The molecule has 0 aliphatic carbocycles. The molecule has 0 aromatic heterocycles. The molecule has 2 unspecified atom stereocenters. The van der Waals surface area contributed by atoms with Gasteiger partial charge in [-0.05, 0) is 18.3 Å². The highest BCUT2D eigenvalue weighted by molar-refractivity contribution is 5.69. The number of rotatable bonds is 4. The molecule has 5 nitrogen and oxygen atoms in total. The van der Waals surface area contributed by atoms with Crippen molar-refractivity contribution in [3.63, 3.8) is 0 Å². The Morgan fingerprint density at radius 3 is 2.60 bits per heavy atom. The summed E-state index contributed by atoms with van der Waals surface area (Å²) in [6, 6.07) is 0. The van der Waals surface area contributed by atoms with Crippen molar-refractivity contribution in [2.75, 3.05) is 19.6 Å². The molecule has 0 amide bonds. The van der Waals surface area contributed by atoms with Gasteiger partial charge in [0, 0.05) is 19.6 Å². The molecule has 0 spiro atoms. The third-order valence-electron chi connectivity index (χ3n) is 2.75. The van der Waals surface area contributed by atoms with E-state index in [0.29, 0.717) is 6.42 Å². The third kappa shape index (κ3) is 4.59. The number of hydrogen-bond donors (Lipinski definition) is 2. The van der Waals surface area contributed by atoms with Crippen LogP contribution in [0.15, 0.2) is 0 Å². The summed E-state index contributed by atoms with van der Waals surface area (Å²) in [6.07, 6.45) is 1.68. The smallest absolute Gasteiger partial charge is 0.327 e. The van der Waals surface area contributed by atoms with E-state index in [4.69, 9.17) is 5.84 Å². The summed E-state index contributed by atoms with van der Waals surface area (Å²) in [4.78, 5) is 17.8. The fourth-order valence-corrected chi connectivity index (χ4v) is 2.34. The number of piperidine rings is 1. The van der Waals surface area contributed by atoms with Crippen molar-refractivity contribution in [3.8, 4) is 0 Å². The topological polar surface area (TPSA) is 67.6 Å². The predicted molar refractivity (Wildman–Crippen MR) is 57.4 cm³/mol. The third-order valence-corrected chi connectivity index (χ3v) is 2.75. The van der Waals surface area contributed by atoms with E-state index in [9.17, 15) is 4.79 Å². The number of nitrogens with zero attached hydrogens (tertiary/aromatic N) is 1. The molecule has 0 aromatic carbocycles. The highest BCUT2D eigenvalue weighted by Gasteiger charge is 2.21. The average molecular weight is 215 g/mol. The minimum atomic E-state index is -0.302. The van der Waals surface area contributed by atoms with Crippen LogP contribution in [-0.2, 0) is 9.63 Å². The molecule has 0 radical (unpaired) electrons. The first kappa shape index (κ1) is 12.4. The first-order valence-corrected chi connectivity index (χ1v) is 5.49. The highest BCUT2D eigenvalue weighted by Crippen LogP contribution is 2.20. The van der Waals surface area contributed by atoms with Crippen LogP contribution < -0.4 is 11.4 Å². The van der Waals surface area contributed by atoms with Crippen molar-refractivity contribution in [1.82, 2.24) is 10.5 Å². The largest absolute Gasteiger partial charge is 0.356 e. The Morgan fingerprint density at radius 1 is 1.47 bits per heavy atom. The molecule has 1 fully saturated rings. The standard InChI is InChI=1S/C10H21N3O2/c1-8-5-9(2)7-13(6-8)4-3-10(14)15-12-11/h8-9,12H,3-7,11H2,1-2H3. The summed E-state index contributed by atoms with van der Waals surface area (Å²) >= 11 is 0. The number of hydrogen-bond acceptors (Lipinski definition) is 5. The number of nitrogens with two attached hydrogens (primary N) is 1. The van der Waals surface area contributed by atoms with Crippen molar-refractivity contribution in [2.24, 2.45) is 17.7 Å². The van der Waals surface area contributed by atoms with Crippen molar-refractivity contribution < 1.29 is 9.63 Å². The molecule has 88 valence electrons. The Labute approximate surface area is 90.9 Å². The van der Waals surface area contributed by atoms with Crippen LogP contribution in [0.3, 0.4) is 0 Å². The van der Waals surface area contributed by atoms with E-state index < -0.39 is 0 Å². The van der Waals surface area contributed by atoms with Crippen LogP contribution in [0, 0.1) is 11.8 Å². The van der Waals surface area contributed by atoms with Gasteiger partial charge in [-0.15, -0.1) is 0 Å². The predicted octanol–water partition coefficient (Wildman–Crippen LogP) is 0.276. The summed E-state index contributed by atoms with van der Waals surface area (Å²) in [5.74, 6) is 6.01. The average Bonchev–Trinajstić information content (AvgIpc) is 2.14. The zero-order valence-electron chi connectivity index (χ0n) is 9.53. The van der Waals surface area contributed by atoms with Gasteiger partial charge in [-0.2, -0.15) is 0 Å². The molecule has 1 heterocycles. The van der Waals surface area contributed by atoms with Crippen LogP contribution in [0.4, 0.5) is 0 Å². The van der Waals surface area contributed by atoms with E-state index in [-0.39, 0.29) is 5.97 Å². The molecule has 0 bridgehead atoms. The highest BCUT2D eigenvalue weighted by atomic mass is 16.7. The molecule has 1 aliphatic rings. The molecule has 2 atom stereocenters. The Morgan fingerprint density at radius 2 is 2.07 bits per heavy atom. The summed E-state index contributed by atoms with van der Waals surface area (Å²) in [5.41, 5.74) is 1.90. The van der Waals surface area contributed by atoms with Gasteiger partial charge < -0.3 is 9.74 Å². The molecule has 1 saturated heterocycles. The van der Waals surface area contributed by atoms with Gasteiger partial charge in [-0.3, -0.25) is 4.79 Å². The van der Waals surface area contributed by atoms with Crippen LogP contribution in [0.2, 0.25) is 0 Å². The quantitative estimate of drug-likeness (QED) is 0.520. The van der Waals surface area contributed by atoms with Gasteiger partial charge in [0.15, 0.2) is 0 Å². The minimum Gasteiger partial charge on any atom is -0.356 e. The molecular weight excluding hydrogens is 194 g/mol. The molecule has 5 heteroatoms. The number of likely N-dealkylation sites (tertiary alicyclic amines) is 1. The van der Waals surface area contributed by atoms with Gasteiger partial charge in [0.2, 0.25) is 0 Å². The molecule has 1 rings (SSSR count). The first-order valence-electron chi connectivity index (χ1n) is 5.49. The monoisotopic (exact) mass is 215 g/mol. The lowest BCUT2D eigenvalue weighted by atomic mass is 9.92. The van der Waals surface area contributed by atoms with Gasteiger partial charge in [0.1, 0.15) is 0 Å².